The molecule has 1 heterocycles. The van der Waals surface area contributed by atoms with Crippen LogP contribution in [0.2, 0.25) is 0 Å². The van der Waals surface area contributed by atoms with Gasteiger partial charge in [0, 0.05) is 18.4 Å². The molecule has 2 aromatic rings. The molecule has 1 aromatic carbocycles. The Morgan fingerprint density at radius 2 is 1.91 bits per heavy atom. The Bertz CT molecular complexity index is 681. The molecule has 0 saturated heterocycles. The summed E-state index contributed by atoms with van der Waals surface area (Å²) in [6.07, 6.45) is 2.25. The van der Waals surface area contributed by atoms with Gasteiger partial charge in [0.25, 0.3) is 5.56 Å². The van der Waals surface area contributed by atoms with Gasteiger partial charge < -0.3 is 10.4 Å². The van der Waals surface area contributed by atoms with Gasteiger partial charge >= 0.3 is 5.97 Å². The lowest BCUT2D eigenvalue weighted by molar-refractivity contribution is -0.137. The molecular weight excluding hydrogens is 294 g/mol. The molecular formula is C17H23N3O3. The quantitative estimate of drug-likeness (QED) is 0.854. The number of benzene rings is 1. The highest BCUT2D eigenvalue weighted by Gasteiger charge is 2.10. The van der Waals surface area contributed by atoms with Gasteiger partial charge in [-0.1, -0.05) is 44.2 Å². The zero-order valence-corrected chi connectivity index (χ0v) is 13.7. The van der Waals surface area contributed by atoms with Crippen LogP contribution in [-0.2, 0) is 17.8 Å². The number of carbonyl (C=O) groups is 1. The molecule has 0 spiro atoms. The van der Waals surface area contributed by atoms with Gasteiger partial charge in [-0.3, -0.25) is 14.2 Å². The number of anilines is 1. The molecule has 0 radical (unpaired) electrons. The molecule has 0 saturated carbocycles. The minimum Gasteiger partial charge on any atom is -0.480 e. The Morgan fingerprint density at radius 1 is 1.26 bits per heavy atom. The maximum Gasteiger partial charge on any atom is 0.323 e. The lowest BCUT2D eigenvalue weighted by Crippen LogP contribution is -2.29. The van der Waals surface area contributed by atoms with Crippen LogP contribution in [0.15, 0.2) is 41.3 Å². The second-order valence-electron chi connectivity index (χ2n) is 4.70. The Kier molecular flexibility index (Phi) is 7.53. The number of hydrogen-bond acceptors (Lipinski definition) is 4. The van der Waals surface area contributed by atoms with E-state index in [4.69, 9.17) is 5.11 Å². The number of nitrogens with zero attached hydrogens (tertiary/aromatic N) is 2. The predicted octanol–water partition coefficient (Wildman–Crippen LogP) is 2.32. The minimum absolute atomic E-state index is 0.179. The van der Waals surface area contributed by atoms with Crippen molar-refractivity contribution >= 4 is 11.8 Å². The molecule has 0 aliphatic rings. The molecule has 1 aromatic heterocycles. The fourth-order valence-corrected chi connectivity index (χ4v) is 1.99. The van der Waals surface area contributed by atoms with Crippen molar-refractivity contribution in [3.63, 3.8) is 0 Å². The molecule has 0 aliphatic heterocycles. The zero-order valence-electron chi connectivity index (χ0n) is 13.7. The van der Waals surface area contributed by atoms with Crippen molar-refractivity contribution in [2.75, 3.05) is 11.9 Å². The van der Waals surface area contributed by atoms with E-state index in [1.807, 2.05) is 44.2 Å². The first-order chi connectivity index (χ1) is 11.1. The summed E-state index contributed by atoms with van der Waals surface area (Å²) in [5.74, 6) is -0.876. The average Bonchev–Trinajstić information content (AvgIpc) is 2.56. The van der Waals surface area contributed by atoms with E-state index in [9.17, 15) is 9.59 Å². The third-order valence-corrected chi connectivity index (χ3v) is 3.10. The number of aromatic nitrogens is 2. The van der Waals surface area contributed by atoms with Gasteiger partial charge in [-0.25, -0.2) is 4.98 Å². The molecule has 6 nitrogen and oxygen atoms in total. The topological polar surface area (TPSA) is 84.2 Å². The first kappa shape index (κ1) is 18.4. The summed E-state index contributed by atoms with van der Waals surface area (Å²) in [6, 6.07) is 9.88. The third kappa shape index (κ3) is 5.58. The summed E-state index contributed by atoms with van der Waals surface area (Å²) < 4.78 is 1.19. The van der Waals surface area contributed by atoms with E-state index in [1.165, 1.54) is 10.8 Å². The van der Waals surface area contributed by atoms with Crippen molar-refractivity contribution in [1.29, 1.82) is 0 Å². The summed E-state index contributed by atoms with van der Waals surface area (Å²) in [4.78, 5) is 27.0. The molecule has 0 fully saturated rings. The highest BCUT2D eigenvalue weighted by atomic mass is 16.4. The molecule has 0 unspecified atom stereocenters. The molecule has 124 valence electrons. The summed E-state index contributed by atoms with van der Waals surface area (Å²) in [6.45, 7) is 5.86. The van der Waals surface area contributed by atoms with Crippen molar-refractivity contribution in [1.82, 2.24) is 9.55 Å². The summed E-state index contributed by atoms with van der Waals surface area (Å²) in [5, 5.41) is 11.8. The van der Waals surface area contributed by atoms with Crippen molar-refractivity contribution in [3.8, 4) is 0 Å². The molecule has 6 heteroatoms. The Balaban J connectivity index is 0.00000127. The van der Waals surface area contributed by atoms with Crippen LogP contribution in [0.25, 0.3) is 0 Å². The van der Waals surface area contributed by atoms with E-state index >= 15 is 0 Å². The van der Waals surface area contributed by atoms with Crippen LogP contribution in [0.3, 0.4) is 0 Å². The second kappa shape index (κ2) is 9.40. The van der Waals surface area contributed by atoms with Gasteiger partial charge in [0.1, 0.15) is 6.54 Å². The smallest absolute Gasteiger partial charge is 0.323 e. The van der Waals surface area contributed by atoms with Gasteiger partial charge in [0.05, 0.1) is 0 Å². The highest BCUT2D eigenvalue weighted by molar-refractivity contribution is 5.66. The number of rotatable bonds is 6. The predicted molar refractivity (Wildman–Crippen MR) is 90.9 cm³/mol. The molecule has 0 atom stereocenters. The van der Waals surface area contributed by atoms with Gasteiger partial charge in [0.2, 0.25) is 0 Å². The van der Waals surface area contributed by atoms with E-state index in [1.54, 1.807) is 6.92 Å². The lowest BCUT2D eigenvalue weighted by Gasteiger charge is -2.10. The third-order valence-electron chi connectivity index (χ3n) is 3.10. The van der Waals surface area contributed by atoms with Crippen molar-refractivity contribution in [2.45, 2.75) is 33.7 Å². The molecule has 2 rings (SSSR count). The Hall–Kier alpha value is -2.63. The first-order valence-corrected chi connectivity index (χ1v) is 7.64. The molecule has 0 amide bonds. The SMILES string of the molecule is CC.Cc1cnc(NCCc2ccccc2)c(=O)n1CC(=O)O. The average molecular weight is 317 g/mol. The van der Waals surface area contributed by atoms with Gasteiger partial charge in [-0.2, -0.15) is 0 Å². The van der Waals surface area contributed by atoms with E-state index in [0.717, 1.165) is 12.0 Å². The van der Waals surface area contributed by atoms with Gasteiger partial charge in [-0.15, -0.1) is 0 Å². The van der Waals surface area contributed by atoms with Crippen molar-refractivity contribution in [3.05, 3.63) is 58.1 Å². The number of carboxylic acid groups (broad SMARTS) is 1. The van der Waals surface area contributed by atoms with Gasteiger partial charge in [0.15, 0.2) is 5.82 Å². The second-order valence-corrected chi connectivity index (χ2v) is 4.70. The highest BCUT2D eigenvalue weighted by Crippen LogP contribution is 2.02. The number of aryl methyl sites for hydroxylation is 1. The lowest BCUT2D eigenvalue weighted by atomic mass is 10.1. The molecule has 0 aliphatic carbocycles. The molecule has 2 N–H and O–H groups in total. The Morgan fingerprint density at radius 3 is 2.52 bits per heavy atom. The number of hydrogen-bond donors (Lipinski definition) is 2. The van der Waals surface area contributed by atoms with E-state index < -0.39 is 11.5 Å². The molecule has 23 heavy (non-hydrogen) atoms. The molecule has 0 bridgehead atoms. The van der Waals surface area contributed by atoms with E-state index in [0.29, 0.717) is 12.2 Å². The minimum atomic E-state index is -1.05. The Labute approximate surface area is 135 Å². The fourth-order valence-electron chi connectivity index (χ4n) is 1.99. The fraction of sp³-hybridized carbons (Fsp3) is 0.353. The zero-order chi connectivity index (χ0) is 17.2. The van der Waals surface area contributed by atoms with E-state index in [-0.39, 0.29) is 12.4 Å². The van der Waals surface area contributed by atoms with Crippen LogP contribution in [0, 0.1) is 6.92 Å². The van der Waals surface area contributed by atoms with Crippen LogP contribution in [-0.4, -0.2) is 27.2 Å². The van der Waals surface area contributed by atoms with Crippen LogP contribution < -0.4 is 10.9 Å². The summed E-state index contributed by atoms with van der Waals surface area (Å²) in [5.41, 5.74) is 1.27. The summed E-state index contributed by atoms with van der Waals surface area (Å²) >= 11 is 0. The van der Waals surface area contributed by atoms with Gasteiger partial charge in [-0.05, 0) is 18.9 Å². The number of carboxylic acids is 1. The number of aliphatic carboxylic acids is 1. The normalized spacial score (nSPS) is 9.70. The van der Waals surface area contributed by atoms with Crippen LogP contribution >= 0.6 is 0 Å². The van der Waals surface area contributed by atoms with E-state index in [2.05, 4.69) is 10.3 Å². The maximum absolute atomic E-state index is 12.1. The standard InChI is InChI=1S/C15H17N3O3.C2H6/c1-11-9-17-14(15(21)18(11)10-13(19)20)16-8-7-12-5-3-2-4-6-12;1-2/h2-6,9H,7-8,10H2,1H3,(H,16,17)(H,19,20);1-2H3. The maximum atomic E-state index is 12.1. The summed E-state index contributed by atoms with van der Waals surface area (Å²) in [7, 11) is 0. The van der Waals surface area contributed by atoms with Crippen molar-refractivity contribution in [2.24, 2.45) is 0 Å². The van der Waals surface area contributed by atoms with Crippen LogP contribution in [0.5, 0.6) is 0 Å². The van der Waals surface area contributed by atoms with Crippen LogP contribution in [0.4, 0.5) is 5.82 Å². The largest absolute Gasteiger partial charge is 0.480 e. The van der Waals surface area contributed by atoms with Crippen LogP contribution in [0.1, 0.15) is 25.1 Å². The van der Waals surface area contributed by atoms with Crippen molar-refractivity contribution < 1.29 is 9.90 Å². The first-order valence-electron chi connectivity index (χ1n) is 7.64. The number of nitrogens with one attached hydrogen (secondary N) is 1. The monoisotopic (exact) mass is 317 g/mol.